The lowest BCUT2D eigenvalue weighted by molar-refractivity contribution is -0.109. The molecule has 0 aromatic heterocycles. The molecule has 1 aromatic carbocycles. The van der Waals surface area contributed by atoms with E-state index < -0.39 is 0 Å². The van der Waals surface area contributed by atoms with Gasteiger partial charge < -0.3 is 10.6 Å². The number of aliphatic imine (C=N–C) groups is 1. The monoisotopic (exact) mass is 408 g/mol. The summed E-state index contributed by atoms with van der Waals surface area (Å²) in [6.45, 7) is 5.48. The number of hydrogen-bond acceptors (Lipinski definition) is 6. The third-order valence-electron chi connectivity index (χ3n) is 5.56. The minimum atomic E-state index is -0.221. The minimum absolute atomic E-state index is 0.221. The van der Waals surface area contributed by atoms with Crippen LogP contribution < -0.4 is 5.84 Å². The molecule has 3 rings (SSSR count). The molecule has 0 bridgehead atoms. The standard InChI is InChI=1S/C20H29ClN4OS/c1-15-12-20(19-11-17(21)4-3-16(19)5-9-26-20)6-8-25(15)14-18(24-22)13-23-7-10-27-2/h3-4,11,13,15H,5-10,12,14,22H2,1-2H3/t15-,20?/m0/s1. The largest absolute Gasteiger partial charge is 0.370 e. The Morgan fingerprint density at radius 2 is 2.37 bits per heavy atom. The summed E-state index contributed by atoms with van der Waals surface area (Å²) in [5.41, 5.74) is 3.25. The summed E-state index contributed by atoms with van der Waals surface area (Å²) in [6.07, 6.45) is 6.76. The fourth-order valence-corrected chi connectivity index (χ4v) is 4.59. The summed E-state index contributed by atoms with van der Waals surface area (Å²) in [7, 11) is 0. The molecule has 148 valence electrons. The van der Waals surface area contributed by atoms with Crippen LogP contribution in [0.2, 0.25) is 5.02 Å². The van der Waals surface area contributed by atoms with E-state index in [4.69, 9.17) is 22.2 Å². The molecule has 1 saturated heterocycles. The number of piperidine rings is 1. The Balaban J connectivity index is 1.68. The van der Waals surface area contributed by atoms with Gasteiger partial charge in [0.05, 0.1) is 17.9 Å². The van der Waals surface area contributed by atoms with Gasteiger partial charge in [0, 0.05) is 42.7 Å². The Kier molecular flexibility index (Phi) is 7.20. The SMILES string of the molecule is CSCCN=CC(CN1CCC2(C[C@@H]1C)OCCc1ccc(Cl)cc12)=NN. The van der Waals surface area contributed by atoms with Gasteiger partial charge >= 0.3 is 0 Å². The molecule has 1 fully saturated rings. The van der Waals surface area contributed by atoms with E-state index in [1.54, 1.807) is 11.8 Å². The van der Waals surface area contributed by atoms with Crippen molar-refractivity contribution in [2.24, 2.45) is 15.9 Å². The van der Waals surface area contributed by atoms with Crippen LogP contribution in [0.15, 0.2) is 28.3 Å². The fourth-order valence-electron chi connectivity index (χ4n) is 4.13. The lowest BCUT2D eigenvalue weighted by Crippen LogP contribution is -2.52. The highest BCUT2D eigenvalue weighted by molar-refractivity contribution is 7.98. The zero-order valence-electron chi connectivity index (χ0n) is 16.2. The summed E-state index contributed by atoms with van der Waals surface area (Å²) in [4.78, 5) is 6.84. The van der Waals surface area contributed by atoms with Gasteiger partial charge in [-0.3, -0.25) is 9.89 Å². The predicted molar refractivity (Wildman–Crippen MR) is 116 cm³/mol. The summed E-state index contributed by atoms with van der Waals surface area (Å²) in [5, 5.41) is 4.72. The number of ether oxygens (including phenoxy) is 1. The molecular weight excluding hydrogens is 380 g/mol. The number of benzene rings is 1. The molecule has 5 nitrogen and oxygen atoms in total. The molecule has 2 N–H and O–H groups in total. The molecule has 2 aliphatic heterocycles. The van der Waals surface area contributed by atoms with Gasteiger partial charge in [-0.25, -0.2) is 0 Å². The van der Waals surface area contributed by atoms with Gasteiger partial charge in [-0.05, 0) is 55.7 Å². The minimum Gasteiger partial charge on any atom is -0.370 e. The van der Waals surface area contributed by atoms with Crippen LogP contribution in [0, 0.1) is 0 Å². The van der Waals surface area contributed by atoms with Crippen LogP contribution in [0.3, 0.4) is 0 Å². The summed E-state index contributed by atoms with van der Waals surface area (Å²) >= 11 is 8.08. The Labute approximate surface area is 171 Å². The van der Waals surface area contributed by atoms with Crippen LogP contribution in [-0.2, 0) is 16.8 Å². The van der Waals surface area contributed by atoms with Crippen molar-refractivity contribution in [2.45, 2.75) is 37.8 Å². The smallest absolute Gasteiger partial charge is 0.0961 e. The lowest BCUT2D eigenvalue weighted by Gasteiger charge is -2.48. The van der Waals surface area contributed by atoms with E-state index in [0.717, 1.165) is 62.0 Å². The molecule has 0 radical (unpaired) electrons. The second-order valence-corrected chi connectivity index (χ2v) is 8.74. The first-order valence-electron chi connectivity index (χ1n) is 9.50. The van der Waals surface area contributed by atoms with Crippen molar-refractivity contribution in [3.8, 4) is 0 Å². The van der Waals surface area contributed by atoms with E-state index in [2.05, 4.69) is 40.3 Å². The average Bonchev–Trinajstić information content (AvgIpc) is 2.67. The van der Waals surface area contributed by atoms with Crippen molar-refractivity contribution in [3.05, 3.63) is 34.3 Å². The molecule has 1 aromatic rings. The van der Waals surface area contributed by atoms with Crippen molar-refractivity contribution in [1.29, 1.82) is 0 Å². The topological polar surface area (TPSA) is 63.2 Å². The van der Waals surface area contributed by atoms with Crippen LogP contribution in [0.5, 0.6) is 0 Å². The lowest BCUT2D eigenvalue weighted by atomic mass is 9.77. The molecule has 2 aliphatic rings. The number of likely N-dealkylation sites (tertiary alicyclic amines) is 1. The molecule has 1 spiro atoms. The quantitative estimate of drug-likeness (QED) is 0.339. The first-order chi connectivity index (χ1) is 13.1. The highest BCUT2D eigenvalue weighted by Crippen LogP contribution is 2.44. The van der Waals surface area contributed by atoms with Gasteiger partial charge in [0.2, 0.25) is 0 Å². The maximum atomic E-state index is 6.36. The van der Waals surface area contributed by atoms with Crippen molar-refractivity contribution in [3.63, 3.8) is 0 Å². The van der Waals surface area contributed by atoms with Gasteiger partial charge in [-0.1, -0.05) is 17.7 Å². The van der Waals surface area contributed by atoms with E-state index in [9.17, 15) is 0 Å². The van der Waals surface area contributed by atoms with Gasteiger partial charge in [0.1, 0.15) is 0 Å². The Morgan fingerprint density at radius 3 is 3.11 bits per heavy atom. The summed E-state index contributed by atoms with van der Waals surface area (Å²) < 4.78 is 6.36. The van der Waals surface area contributed by atoms with Crippen molar-refractivity contribution < 1.29 is 4.74 Å². The van der Waals surface area contributed by atoms with E-state index in [0.29, 0.717) is 6.04 Å². The average molecular weight is 409 g/mol. The molecule has 0 amide bonds. The number of nitrogens with two attached hydrogens (primary N) is 1. The molecule has 2 atom stereocenters. The molecule has 27 heavy (non-hydrogen) atoms. The molecule has 7 heteroatoms. The van der Waals surface area contributed by atoms with E-state index in [1.807, 2.05) is 12.3 Å². The predicted octanol–water partition coefficient (Wildman–Crippen LogP) is 3.34. The number of nitrogens with zero attached hydrogens (tertiary/aromatic N) is 3. The van der Waals surface area contributed by atoms with E-state index >= 15 is 0 Å². The molecule has 0 saturated carbocycles. The van der Waals surface area contributed by atoms with E-state index in [1.165, 1.54) is 11.1 Å². The van der Waals surface area contributed by atoms with Gasteiger partial charge in [-0.15, -0.1) is 0 Å². The summed E-state index contributed by atoms with van der Waals surface area (Å²) in [5.74, 6) is 6.60. The third kappa shape index (κ3) is 4.86. The maximum absolute atomic E-state index is 6.36. The van der Waals surface area contributed by atoms with Crippen LogP contribution in [0.4, 0.5) is 0 Å². The van der Waals surface area contributed by atoms with Crippen LogP contribution in [-0.4, -0.2) is 61.1 Å². The third-order valence-corrected chi connectivity index (χ3v) is 6.39. The number of hydrazone groups is 1. The normalized spacial score (nSPS) is 26.6. The Morgan fingerprint density at radius 1 is 1.52 bits per heavy atom. The van der Waals surface area contributed by atoms with Gasteiger partial charge in [-0.2, -0.15) is 16.9 Å². The van der Waals surface area contributed by atoms with Crippen molar-refractivity contribution in [2.75, 3.05) is 38.2 Å². The number of hydrogen-bond donors (Lipinski definition) is 1. The molecule has 2 heterocycles. The molecule has 1 unspecified atom stereocenters. The van der Waals surface area contributed by atoms with E-state index in [-0.39, 0.29) is 5.60 Å². The van der Waals surface area contributed by atoms with Crippen LogP contribution >= 0.6 is 23.4 Å². The zero-order valence-corrected chi connectivity index (χ0v) is 17.7. The summed E-state index contributed by atoms with van der Waals surface area (Å²) in [6, 6.07) is 6.60. The maximum Gasteiger partial charge on any atom is 0.0961 e. The number of rotatable bonds is 6. The van der Waals surface area contributed by atoms with Crippen molar-refractivity contribution >= 4 is 35.3 Å². The first-order valence-corrected chi connectivity index (χ1v) is 11.3. The highest BCUT2D eigenvalue weighted by atomic mass is 35.5. The molecular formula is C20H29ClN4OS. The van der Waals surface area contributed by atoms with Gasteiger partial charge in [0.15, 0.2) is 0 Å². The fraction of sp³-hybridized carbons (Fsp3) is 0.600. The zero-order chi connectivity index (χ0) is 19.3. The Bertz CT molecular complexity index is 711. The number of thioether (sulfide) groups is 1. The number of fused-ring (bicyclic) bond motifs is 2. The van der Waals surface area contributed by atoms with Crippen LogP contribution in [0.25, 0.3) is 0 Å². The Hall–Kier alpha value is -1.08. The highest BCUT2D eigenvalue weighted by Gasteiger charge is 2.43. The molecule has 0 aliphatic carbocycles. The second-order valence-electron chi connectivity index (χ2n) is 7.32. The van der Waals surface area contributed by atoms with Crippen molar-refractivity contribution in [1.82, 2.24) is 4.90 Å². The first kappa shape index (κ1) is 20.6. The number of halogens is 1. The van der Waals surface area contributed by atoms with Crippen LogP contribution in [0.1, 0.15) is 30.9 Å². The second kappa shape index (κ2) is 9.41. The van der Waals surface area contributed by atoms with Gasteiger partial charge in [0.25, 0.3) is 0 Å².